The third-order valence-electron chi connectivity index (χ3n) is 3.33. The Hall–Kier alpha value is -2.36. The molecule has 0 aliphatic rings. The minimum absolute atomic E-state index is 0.229. The second-order valence-corrected chi connectivity index (χ2v) is 4.95. The zero-order valence-corrected chi connectivity index (χ0v) is 11.1. The van der Waals surface area contributed by atoms with Crippen molar-refractivity contribution in [3.8, 4) is 0 Å². The van der Waals surface area contributed by atoms with Gasteiger partial charge in [0.25, 0.3) is 0 Å². The van der Waals surface area contributed by atoms with Gasteiger partial charge in [0.15, 0.2) is 0 Å². The molecule has 19 heavy (non-hydrogen) atoms. The fraction of sp³-hybridized carbons (Fsp3) is 0.200. The van der Waals surface area contributed by atoms with Gasteiger partial charge in [0.2, 0.25) is 0 Å². The summed E-state index contributed by atoms with van der Waals surface area (Å²) in [6, 6.07) is 11.1. The molecule has 0 fully saturated rings. The summed E-state index contributed by atoms with van der Waals surface area (Å²) in [5.74, 6) is 0.229. The Labute approximate surface area is 113 Å². The van der Waals surface area contributed by atoms with E-state index in [2.05, 4.69) is 6.92 Å². The molecule has 0 aliphatic carbocycles. The van der Waals surface area contributed by atoms with E-state index in [1.165, 1.54) is 0 Å². The van der Waals surface area contributed by atoms with Gasteiger partial charge >= 0.3 is 0 Å². The SMILES string of the molecule is CC(Cc1cc(N)ccc1N)c1cc(N)ccc1N. The lowest BCUT2D eigenvalue weighted by molar-refractivity contribution is 0.764. The molecule has 0 amide bonds. The summed E-state index contributed by atoms with van der Waals surface area (Å²) in [6.45, 7) is 2.10. The van der Waals surface area contributed by atoms with Gasteiger partial charge in [-0.2, -0.15) is 0 Å². The topological polar surface area (TPSA) is 104 Å². The van der Waals surface area contributed by atoms with Gasteiger partial charge in [0.1, 0.15) is 0 Å². The molecule has 1 atom stereocenters. The van der Waals surface area contributed by atoms with Crippen molar-refractivity contribution in [3.63, 3.8) is 0 Å². The third-order valence-corrected chi connectivity index (χ3v) is 3.33. The van der Waals surface area contributed by atoms with Crippen LogP contribution in [0.1, 0.15) is 24.0 Å². The highest BCUT2D eigenvalue weighted by molar-refractivity contribution is 5.59. The predicted molar refractivity (Wildman–Crippen MR) is 82.7 cm³/mol. The minimum atomic E-state index is 0.229. The van der Waals surface area contributed by atoms with E-state index in [0.29, 0.717) is 0 Å². The Kier molecular flexibility index (Phi) is 3.51. The minimum Gasteiger partial charge on any atom is -0.399 e. The van der Waals surface area contributed by atoms with Gasteiger partial charge in [-0.3, -0.25) is 0 Å². The van der Waals surface area contributed by atoms with Crippen LogP contribution >= 0.6 is 0 Å². The van der Waals surface area contributed by atoms with Crippen molar-refractivity contribution < 1.29 is 0 Å². The molecule has 4 nitrogen and oxygen atoms in total. The molecule has 0 heterocycles. The molecule has 2 rings (SSSR count). The molecule has 0 aromatic heterocycles. The van der Waals surface area contributed by atoms with Gasteiger partial charge in [-0.25, -0.2) is 0 Å². The second kappa shape index (κ2) is 5.10. The zero-order valence-electron chi connectivity index (χ0n) is 11.1. The number of benzene rings is 2. The van der Waals surface area contributed by atoms with E-state index in [1.54, 1.807) is 12.1 Å². The maximum Gasteiger partial charge on any atom is 0.0350 e. The fourth-order valence-electron chi connectivity index (χ4n) is 2.26. The van der Waals surface area contributed by atoms with Crippen molar-refractivity contribution in [1.82, 2.24) is 0 Å². The highest BCUT2D eigenvalue weighted by Crippen LogP contribution is 2.29. The monoisotopic (exact) mass is 256 g/mol. The van der Waals surface area contributed by atoms with E-state index >= 15 is 0 Å². The normalized spacial score (nSPS) is 12.3. The van der Waals surface area contributed by atoms with Gasteiger partial charge in [0, 0.05) is 22.7 Å². The maximum absolute atomic E-state index is 6.00. The second-order valence-electron chi connectivity index (χ2n) is 4.95. The Bertz CT molecular complexity index is 593. The van der Waals surface area contributed by atoms with Crippen LogP contribution in [0.4, 0.5) is 22.7 Å². The summed E-state index contributed by atoms with van der Waals surface area (Å²) >= 11 is 0. The molecule has 0 spiro atoms. The zero-order chi connectivity index (χ0) is 14.0. The Balaban J connectivity index is 2.27. The highest BCUT2D eigenvalue weighted by Gasteiger charge is 2.12. The lowest BCUT2D eigenvalue weighted by atomic mass is 9.91. The van der Waals surface area contributed by atoms with Crippen LogP contribution in [0.25, 0.3) is 0 Å². The van der Waals surface area contributed by atoms with E-state index in [1.807, 2.05) is 24.3 Å². The molecule has 0 saturated carbocycles. The van der Waals surface area contributed by atoms with Crippen LogP contribution in [0.15, 0.2) is 36.4 Å². The first-order chi connectivity index (χ1) is 8.97. The van der Waals surface area contributed by atoms with Gasteiger partial charge in [-0.1, -0.05) is 6.92 Å². The number of hydrogen-bond acceptors (Lipinski definition) is 4. The largest absolute Gasteiger partial charge is 0.399 e. The van der Waals surface area contributed by atoms with Crippen LogP contribution in [-0.4, -0.2) is 0 Å². The molecular weight excluding hydrogens is 236 g/mol. The molecule has 2 aromatic carbocycles. The van der Waals surface area contributed by atoms with Crippen molar-refractivity contribution in [3.05, 3.63) is 47.5 Å². The molecule has 8 N–H and O–H groups in total. The van der Waals surface area contributed by atoms with E-state index < -0.39 is 0 Å². The predicted octanol–water partition coefficient (Wildman–Crippen LogP) is 2.36. The standard InChI is InChI=1S/C15H20N4/c1-9(13-8-12(17)3-5-15(13)19)6-10-7-11(16)2-4-14(10)18/h2-5,7-9H,6,16-19H2,1H3. The van der Waals surface area contributed by atoms with Crippen LogP contribution in [0.5, 0.6) is 0 Å². The lowest BCUT2D eigenvalue weighted by Gasteiger charge is -2.16. The molecule has 0 saturated heterocycles. The third kappa shape index (κ3) is 2.91. The van der Waals surface area contributed by atoms with Crippen molar-refractivity contribution >= 4 is 22.7 Å². The van der Waals surface area contributed by atoms with Crippen LogP contribution in [0.2, 0.25) is 0 Å². The van der Waals surface area contributed by atoms with Gasteiger partial charge in [0.05, 0.1) is 0 Å². The molecule has 100 valence electrons. The van der Waals surface area contributed by atoms with Crippen LogP contribution in [-0.2, 0) is 6.42 Å². The molecule has 0 bridgehead atoms. The van der Waals surface area contributed by atoms with Crippen LogP contribution in [0.3, 0.4) is 0 Å². The smallest absolute Gasteiger partial charge is 0.0350 e. The maximum atomic E-state index is 6.00. The first-order valence-corrected chi connectivity index (χ1v) is 6.26. The van der Waals surface area contributed by atoms with Crippen LogP contribution in [0, 0.1) is 0 Å². The Morgan fingerprint density at radius 2 is 1.42 bits per heavy atom. The van der Waals surface area contributed by atoms with Crippen molar-refractivity contribution in [1.29, 1.82) is 0 Å². The van der Waals surface area contributed by atoms with Crippen molar-refractivity contribution in [2.24, 2.45) is 0 Å². The summed E-state index contributed by atoms with van der Waals surface area (Å²) in [6.07, 6.45) is 0.782. The van der Waals surface area contributed by atoms with Gasteiger partial charge in [-0.05, 0) is 59.9 Å². The molecule has 1 unspecified atom stereocenters. The first kappa shape index (κ1) is 13.1. The lowest BCUT2D eigenvalue weighted by Crippen LogP contribution is -2.06. The van der Waals surface area contributed by atoms with Crippen LogP contribution < -0.4 is 22.9 Å². The first-order valence-electron chi connectivity index (χ1n) is 6.26. The Morgan fingerprint density at radius 3 is 2.11 bits per heavy atom. The van der Waals surface area contributed by atoms with Crippen molar-refractivity contribution in [2.45, 2.75) is 19.3 Å². The summed E-state index contributed by atoms with van der Waals surface area (Å²) in [4.78, 5) is 0. The molecule has 0 aliphatic heterocycles. The summed E-state index contributed by atoms with van der Waals surface area (Å²) in [5, 5.41) is 0. The Morgan fingerprint density at radius 1 is 0.842 bits per heavy atom. The fourth-order valence-corrected chi connectivity index (χ4v) is 2.26. The summed E-state index contributed by atoms with van der Waals surface area (Å²) in [7, 11) is 0. The summed E-state index contributed by atoms with van der Waals surface area (Å²) in [5.41, 5.74) is 28.6. The number of hydrogen-bond donors (Lipinski definition) is 4. The molecule has 0 radical (unpaired) electrons. The average Bonchev–Trinajstić information content (AvgIpc) is 2.36. The van der Waals surface area contributed by atoms with Gasteiger partial charge < -0.3 is 22.9 Å². The highest BCUT2D eigenvalue weighted by atomic mass is 14.6. The molecular formula is C15H20N4. The van der Waals surface area contributed by atoms with Crippen molar-refractivity contribution in [2.75, 3.05) is 22.9 Å². The number of nitrogens with two attached hydrogens (primary N) is 4. The average molecular weight is 256 g/mol. The van der Waals surface area contributed by atoms with Gasteiger partial charge in [-0.15, -0.1) is 0 Å². The van der Waals surface area contributed by atoms with E-state index in [9.17, 15) is 0 Å². The number of rotatable bonds is 3. The van der Waals surface area contributed by atoms with E-state index in [0.717, 1.165) is 40.3 Å². The molecule has 2 aromatic rings. The van der Waals surface area contributed by atoms with E-state index in [-0.39, 0.29) is 5.92 Å². The number of nitrogen functional groups attached to an aromatic ring is 4. The number of anilines is 4. The summed E-state index contributed by atoms with van der Waals surface area (Å²) < 4.78 is 0. The quantitative estimate of drug-likeness (QED) is 0.633. The van der Waals surface area contributed by atoms with E-state index in [4.69, 9.17) is 22.9 Å². The molecule has 4 heteroatoms.